The molecule has 146 valence electrons. The Hall–Kier alpha value is -1.70. The fourth-order valence-electron chi connectivity index (χ4n) is 3.39. The minimum absolute atomic E-state index is 0.114. The van der Waals surface area contributed by atoms with Crippen LogP contribution in [0.5, 0.6) is 0 Å². The number of amides is 1. The molecule has 1 aliphatic heterocycles. The number of piperidine rings is 1. The van der Waals surface area contributed by atoms with Crippen LogP contribution in [0.15, 0.2) is 52.1 Å². The predicted octanol–water partition coefficient (Wildman–Crippen LogP) is 3.98. The third-order valence-corrected chi connectivity index (χ3v) is 8.23. The summed E-state index contributed by atoms with van der Waals surface area (Å²) in [6.07, 6.45) is 3.11. The van der Waals surface area contributed by atoms with Gasteiger partial charge in [0.05, 0.1) is 0 Å². The summed E-state index contributed by atoms with van der Waals surface area (Å²) in [5, 5.41) is 1.77. The second-order valence-corrected chi connectivity index (χ2v) is 9.90. The van der Waals surface area contributed by atoms with Gasteiger partial charge in [0, 0.05) is 31.2 Å². The van der Waals surface area contributed by atoms with E-state index in [4.69, 9.17) is 0 Å². The zero-order chi connectivity index (χ0) is 19.3. The zero-order valence-electron chi connectivity index (χ0n) is 15.6. The molecule has 2 heterocycles. The summed E-state index contributed by atoms with van der Waals surface area (Å²) in [5.41, 5.74) is 0.921. The van der Waals surface area contributed by atoms with Gasteiger partial charge in [-0.2, -0.15) is 4.31 Å². The van der Waals surface area contributed by atoms with E-state index in [1.807, 2.05) is 35.2 Å². The van der Waals surface area contributed by atoms with E-state index in [-0.39, 0.29) is 11.8 Å². The number of benzene rings is 1. The number of para-hydroxylation sites is 1. The van der Waals surface area contributed by atoms with Gasteiger partial charge in [0.25, 0.3) is 10.0 Å². The van der Waals surface area contributed by atoms with Crippen LogP contribution in [0.2, 0.25) is 0 Å². The molecule has 27 heavy (non-hydrogen) atoms. The fourth-order valence-corrected chi connectivity index (χ4v) is 6.01. The number of hydrogen-bond acceptors (Lipinski definition) is 4. The Labute approximate surface area is 165 Å². The summed E-state index contributed by atoms with van der Waals surface area (Å²) in [6, 6.07) is 13.1. The van der Waals surface area contributed by atoms with Crippen molar-refractivity contribution in [3.8, 4) is 0 Å². The lowest BCUT2D eigenvalue weighted by molar-refractivity contribution is -0.123. The lowest BCUT2D eigenvalue weighted by atomic mass is 9.96. The highest BCUT2D eigenvalue weighted by Gasteiger charge is 2.34. The van der Waals surface area contributed by atoms with E-state index in [0.29, 0.717) is 36.7 Å². The quantitative estimate of drug-likeness (QED) is 0.699. The number of rotatable bonds is 7. The number of sulfonamides is 1. The number of anilines is 1. The molecule has 1 aromatic heterocycles. The topological polar surface area (TPSA) is 57.7 Å². The fraction of sp³-hybridized carbons (Fsp3) is 0.450. The van der Waals surface area contributed by atoms with Crippen molar-refractivity contribution in [3.05, 3.63) is 47.8 Å². The maximum absolute atomic E-state index is 13.1. The minimum Gasteiger partial charge on any atom is -0.312 e. The van der Waals surface area contributed by atoms with E-state index in [1.165, 1.54) is 15.6 Å². The summed E-state index contributed by atoms with van der Waals surface area (Å²) in [7, 11) is -3.43. The van der Waals surface area contributed by atoms with Crippen LogP contribution >= 0.6 is 11.3 Å². The lowest BCUT2D eigenvalue weighted by Crippen LogP contribution is -2.44. The molecule has 0 aliphatic carbocycles. The van der Waals surface area contributed by atoms with Crippen LogP contribution in [0.4, 0.5) is 5.69 Å². The van der Waals surface area contributed by atoms with Gasteiger partial charge >= 0.3 is 0 Å². The molecule has 0 atom stereocenters. The second kappa shape index (κ2) is 8.99. The monoisotopic (exact) mass is 406 g/mol. The van der Waals surface area contributed by atoms with Gasteiger partial charge in [-0.25, -0.2) is 8.42 Å². The van der Waals surface area contributed by atoms with Gasteiger partial charge in [-0.1, -0.05) is 37.6 Å². The smallest absolute Gasteiger partial charge is 0.252 e. The Balaban J connectivity index is 1.68. The van der Waals surface area contributed by atoms with E-state index in [2.05, 4.69) is 6.92 Å². The molecule has 0 spiro atoms. The van der Waals surface area contributed by atoms with E-state index in [0.717, 1.165) is 18.5 Å². The summed E-state index contributed by atoms with van der Waals surface area (Å²) >= 11 is 1.24. The average Bonchev–Trinajstić information content (AvgIpc) is 3.25. The standard InChI is InChI=1S/C20H26N2O3S2/c1-2-3-13-22(18-8-5-4-6-9-18)20(23)17-11-14-21(15-12-17)27(24,25)19-10-7-16-26-19/h4-10,16-17H,2-3,11-15H2,1H3. The third kappa shape index (κ3) is 4.59. The molecule has 7 heteroatoms. The van der Waals surface area contributed by atoms with Crippen molar-refractivity contribution in [2.75, 3.05) is 24.5 Å². The summed E-state index contributed by atoms with van der Waals surface area (Å²) < 4.78 is 27.2. The van der Waals surface area contributed by atoms with Crippen molar-refractivity contribution in [2.45, 2.75) is 36.8 Å². The van der Waals surface area contributed by atoms with Crippen molar-refractivity contribution in [3.63, 3.8) is 0 Å². The molecule has 1 aromatic carbocycles. The van der Waals surface area contributed by atoms with Gasteiger partial charge in [0.2, 0.25) is 5.91 Å². The molecule has 0 N–H and O–H groups in total. The molecule has 2 aromatic rings. The van der Waals surface area contributed by atoms with Crippen molar-refractivity contribution < 1.29 is 13.2 Å². The van der Waals surface area contributed by atoms with Crippen molar-refractivity contribution in [1.82, 2.24) is 4.31 Å². The van der Waals surface area contributed by atoms with Crippen LogP contribution in [0.25, 0.3) is 0 Å². The van der Waals surface area contributed by atoms with Crippen LogP contribution in [0.1, 0.15) is 32.6 Å². The normalized spacial score (nSPS) is 16.3. The first-order valence-electron chi connectivity index (χ1n) is 9.44. The Morgan fingerprint density at radius 2 is 1.85 bits per heavy atom. The molecule has 0 unspecified atom stereocenters. The number of hydrogen-bond donors (Lipinski definition) is 0. The molecule has 1 fully saturated rings. The van der Waals surface area contributed by atoms with Crippen molar-refractivity contribution in [2.24, 2.45) is 5.92 Å². The highest BCUT2D eigenvalue weighted by Crippen LogP contribution is 2.28. The van der Waals surface area contributed by atoms with Gasteiger partial charge in [0.1, 0.15) is 4.21 Å². The predicted molar refractivity (Wildman–Crippen MR) is 110 cm³/mol. The average molecular weight is 407 g/mol. The SMILES string of the molecule is CCCCN(C(=O)C1CCN(S(=O)(=O)c2cccs2)CC1)c1ccccc1. The number of thiophene rings is 1. The number of carbonyl (C=O) groups is 1. The van der Waals surface area contributed by atoms with Crippen molar-refractivity contribution >= 4 is 33.0 Å². The lowest BCUT2D eigenvalue weighted by Gasteiger charge is -2.33. The maximum Gasteiger partial charge on any atom is 0.252 e. The summed E-state index contributed by atoms with van der Waals surface area (Å²) in [6.45, 7) is 3.61. The van der Waals surface area contributed by atoms with Gasteiger partial charge in [0.15, 0.2) is 0 Å². The first-order chi connectivity index (χ1) is 13.0. The van der Waals surface area contributed by atoms with E-state index in [1.54, 1.807) is 17.5 Å². The zero-order valence-corrected chi connectivity index (χ0v) is 17.2. The molecule has 0 radical (unpaired) electrons. The van der Waals surface area contributed by atoms with Crippen LogP contribution in [0, 0.1) is 5.92 Å². The van der Waals surface area contributed by atoms with Gasteiger partial charge < -0.3 is 4.90 Å². The number of unbranched alkanes of at least 4 members (excludes halogenated alkanes) is 1. The Bertz CT molecular complexity index is 827. The number of nitrogens with zero attached hydrogens (tertiary/aromatic N) is 2. The van der Waals surface area contributed by atoms with Crippen LogP contribution in [-0.2, 0) is 14.8 Å². The minimum atomic E-state index is -3.43. The van der Waals surface area contributed by atoms with E-state index < -0.39 is 10.0 Å². The molecule has 1 aliphatic rings. The largest absolute Gasteiger partial charge is 0.312 e. The highest BCUT2D eigenvalue weighted by atomic mass is 32.2. The highest BCUT2D eigenvalue weighted by molar-refractivity contribution is 7.91. The van der Waals surface area contributed by atoms with E-state index in [9.17, 15) is 13.2 Å². The van der Waals surface area contributed by atoms with Gasteiger partial charge in [-0.05, 0) is 42.8 Å². The van der Waals surface area contributed by atoms with Crippen molar-refractivity contribution in [1.29, 1.82) is 0 Å². The summed E-state index contributed by atoms with van der Waals surface area (Å²) in [5.74, 6) is -0.0142. The van der Waals surface area contributed by atoms with Crippen LogP contribution in [0.3, 0.4) is 0 Å². The molecule has 5 nitrogen and oxygen atoms in total. The molecule has 0 saturated carbocycles. The Morgan fingerprint density at radius 3 is 2.44 bits per heavy atom. The number of carbonyl (C=O) groups excluding carboxylic acids is 1. The van der Waals surface area contributed by atoms with Gasteiger partial charge in [-0.3, -0.25) is 4.79 Å². The Morgan fingerprint density at radius 1 is 1.15 bits per heavy atom. The van der Waals surface area contributed by atoms with Gasteiger partial charge in [-0.15, -0.1) is 11.3 Å². The molecular weight excluding hydrogens is 380 g/mol. The molecule has 3 rings (SSSR count). The van der Waals surface area contributed by atoms with Crippen LogP contribution < -0.4 is 4.90 Å². The first-order valence-corrected chi connectivity index (χ1v) is 11.8. The Kier molecular flexibility index (Phi) is 6.68. The van der Waals surface area contributed by atoms with E-state index >= 15 is 0 Å². The first kappa shape index (κ1) is 20.0. The second-order valence-electron chi connectivity index (χ2n) is 6.79. The third-order valence-electron chi connectivity index (χ3n) is 4.96. The molecule has 1 amide bonds. The molecule has 0 bridgehead atoms. The summed E-state index contributed by atoms with van der Waals surface area (Å²) in [4.78, 5) is 15.0. The molecular formula is C20H26N2O3S2. The van der Waals surface area contributed by atoms with Crippen LogP contribution in [-0.4, -0.2) is 38.3 Å². The molecule has 1 saturated heterocycles. The maximum atomic E-state index is 13.1.